The van der Waals surface area contributed by atoms with Crippen molar-refractivity contribution >= 4 is 0 Å². The molecule has 0 atom stereocenters. The van der Waals surface area contributed by atoms with Crippen LogP contribution in [0.2, 0.25) is 0 Å². The number of hydrogen-bond donors (Lipinski definition) is 1. The van der Waals surface area contributed by atoms with Crippen molar-refractivity contribution in [1.82, 2.24) is 0 Å². The summed E-state index contributed by atoms with van der Waals surface area (Å²) in [5.41, 5.74) is 15.7. The third-order valence-corrected chi connectivity index (χ3v) is 12.1. The van der Waals surface area contributed by atoms with E-state index in [-0.39, 0.29) is 23.0 Å². The standard InChI is InChI=1S/C59H91O4/c1-44(2)24-15-25-45(3)26-16-27-46(4)28-17-29-47(5)30-18-31-48(6)32-19-33-49(7)34-20-35-50(8)36-21-37-51(9)38-22-39-52(10)40-23-41-53(11)42-43-55-54(12)56(60)58(62-13)59(63-14)57(55)61/h24,26,28,30,32,34,36,38,40,42,60H,15-23,25,27,29,31,33,35,37,39,41,43H2,1-14H3/b45-26+,46-28+,47-30+,48-32+,49-34+,50-36+,51-38+,52-40+,53-42+. The van der Waals surface area contributed by atoms with Crippen LogP contribution in [0.4, 0.5) is 0 Å². The van der Waals surface area contributed by atoms with Crippen LogP contribution in [0.3, 0.4) is 0 Å². The maximum absolute atomic E-state index is 12.9. The molecule has 4 nitrogen and oxygen atoms in total. The Hall–Kier alpha value is -4.18. The topological polar surface area (TPSA) is 58.6 Å². The number of phenolic OH excluding ortho intramolecular Hbond substituents is 1. The molecule has 0 saturated carbocycles. The Balaban J connectivity index is 2.32. The largest absolute Gasteiger partial charge is 0.504 e. The lowest BCUT2D eigenvalue weighted by Crippen LogP contribution is -1.98. The van der Waals surface area contributed by atoms with Gasteiger partial charge in [0.15, 0.2) is 5.75 Å². The lowest BCUT2D eigenvalue weighted by atomic mass is 9.99. The molecule has 1 radical (unpaired) electrons. The minimum atomic E-state index is -0.229. The molecule has 1 aromatic rings. The zero-order valence-electron chi connectivity index (χ0n) is 42.9. The van der Waals surface area contributed by atoms with Crippen molar-refractivity contribution in [3.8, 4) is 23.0 Å². The van der Waals surface area contributed by atoms with Crippen LogP contribution in [0.15, 0.2) is 116 Å². The molecule has 0 fully saturated rings. The van der Waals surface area contributed by atoms with Gasteiger partial charge in [0.05, 0.1) is 14.2 Å². The summed E-state index contributed by atoms with van der Waals surface area (Å²) in [6, 6.07) is 0. The van der Waals surface area contributed by atoms with Gasteiger partial charge in [-0.1, -0.05) is 116 Å². The molecule has 0 heterocycles. The van der Waals surface area contributed by atoms with E-state index in [1.54, 1.807) is 6.92 Å². The molecule has 0 aliphatic rings. The molecular formula is C59H91O4. The predicted molar refractivity (Wildman–Crippen MR) is 276 cm³/mol. The van der Waals surface area contributed by atoms with Crippen LogP contribution in [0.1, 0.15) is 203 Å². The molecule has 0 saturated heterocycles. The molecule has 1 aromatic carbocycles. The Morgan fingerprint density at radius 1 is 0.397 bits per heavy atom. The minimum Gasteiger partial charge on any atom is -0.504 e. The van der Waals surface area contributed by atoms with Crippen molar-refractivity contribution < 1.29 is 19.7 Å². The maximum Gasteiger partial charge on any atom is 0.228 e. The molecule has 0 aliphatic heterocycles. The molecule has 0 amide bonds. The van der Waals surface area contributed by atoms with Crippen molar-refractivity contribution in [2.45, 2.75) is 205 Å². The van der Waals surface area contributed by atoms with Crippen molar-refractivity contribution in [2.75, 3.05) is 14.2 Å². The number of methoxy groups -OCH3 is 2. The minimum absolute atomic E-state index is 0.0337. The van der Waals surface area contributed by atoms with E-state index < -0.39 is 0 Å². The Labute approximate surface area is 388 Å². The van der Waals surface area contributed by atoms with Gasteiger partial charge in [0, 0.05) is 11.1 Å². The molecule has 63 heavy (non-hydrogen) atoms. The molecule has 0 unspecified atom stereocenters. The second-order valence-corrected chi connectivity index (χ2v) is 18.6. The molecule has 1 N–H and O–H groups in total. The van der Waals surface area contributed by atoms with Gasteiger partial charge in [-0.2, -0.15) is 0 Å². The number of phenols is 1. The fourth-order valence-electron chi connectivity index (χ4n) is 7.61. The quantitative estimate of drug-likeness (QED) is 0.0757. The van der Waals surface area contributed by atoms with Crippen LogP contribution in [0, 0.1) is 6.92 Å². The first-order valence-corrected chi connectivity index (χ1v) is 24.2. The van der Waals surface area contributed by atoms with Gasteiger partial charge in [0.25, 0.3) is 0 Å². The van der Waals surface area contributed by atoms with Crippen molar-refractivity contribution in [2.24, 2.45) is 0 Å². The first kappa shape index (κ1) is 56.8. The van der Waals surface area contributed by atoms with Crippen LogP contribution in [0.5, 0.6) is 23.0 Å². The molecule has 0 spiro atoms. The Morgan fingerprint density at radius 3 is 0.873 bits per heavy atom. The number of benzene rings is 1. The van der Waals surface area contributed by atoms with E-state index in [1.807, 2.05) is 0 Å². The van der Waals surface area contributed by atoms with Crippen LogP contribution < -0.4 is 9.47 Å². The number of ether oxygens (including phenoxy) is 2. The maximum atomic E-state index is 12.9. The molecule has 0 aliphatic carbocycles. The van der Waals surface area contributed by atoms with Crippen molar-refractivity contribution in [3.63, 3.8) is 0 Å². The van der Waals surface area contributed by atoms with E-state index in [1.165, 1.54) is 89.2 Å². The van der Waals surface area contributed by atoms with Gasteiger partial charge in [0.2, 0.25) is 17.2 Å². The van der Waals surface area contributed by atoms with E-state index in [2.05, 4.69) is 137 Å². The van der Waals surface area contributed by atoms with Gasteiger partial charge < -0.3 is 14.6 Å². The fourth-order valence-corrected chi connectivity index (χ4v) is 7.61. The molecule has 4 heteroatoms. The van der Waals surface area contributed by atoms with E-state index in [0.717, 1.165) is 96.3 Å². The Bertz CT molecular complexity index is 1840. The summed E-state index contributed by atoms with van der Waals surface area (Å²) in [4.78, 5) is 0. The van der Waals surface area contributed by atoms with E-state index >= 15 is 0 Å². The number of rotatable bonds is 31. The highest BCUT2D eigenvalue weighted by Crippen LogP contribution is 2.48. The van der Waals surface area contributed by atoms with Gasteiger partial charge >= 0.3 is 0 Å². The zero-order chi connectivity index (χ0) is 47.2. The lowest BCUT2D eigenvalue weighted by molar-refractivity contribution is 0.286. The molecule has 351 valence electrons. The van der Waals surface area contributed by atoms with Gasteiger partial charge in [-0.15, -0.1) is 0 Å². The van der Waals surface area contributed by atoms with Crippen LogP contribution >= 0.6 is 0 Å². The van der Waals surface area contributed by atoms with Crippen molar-refractivity contribution in [3.05, 3.63) is 128 Å². The lowest BCUT2D eigenvalue weighted by Gasteiger charge is -2.15. The molecule has 0 bridgehead atoms. The zero-order valence-corrected chi connectivity index (χ0v) is 42.9. The van der Waals surface area contributed by atoms with Gasteiger partial charge in [-0.05, 0) is 205 Å². The average molecular weight is 864 g/mol. The summed E-state index contributed by atoms with van der Waals surface area (Å²) in [6.45, 7) is 26.4. The Kier molecular flexibility index (Phi) is 30.1. The third kappa shape index (κ3) is 26.3. The van der Waals surface area contributed by atoms with E-state index in [9.17, 15) is 10.2 Å². The fraction of sp³-hybridized carbons (Fsp3) is 0.559. The Morgan fingerprint density at radius 2 is 0.635 bits per heavy atom. The highest BCUT2D eigenvalue weighted by atomic mass is 16.5. The second-order valence-electron chi connectivity index (χ2n) is 18.6. The summed E-state index contributed by atoms with van der Waals surface area (Å²) in [5.74, 6) is -0.108. The number of hydrogen-bond acceptors (Lipinski definition) is 3. The number of allylic oxidation sites excluding steroid dienone is 20. The normalized spacial score (nSPS) is 14.2. The molecule has 1 rings (SSSR count). The summed E-state index contributed by atoms with van der Waals surface area (Å²) >= 11 is 0. The summed E-state index contributed by atoms with van der Waals surface area (Å²) in [6.07, 6.45) is 44.4. The predicted octanol–water partition coefficient (Wildman–Crippen LogP) is 18.9. The highest BCUT2D eigenvalue weighted by Gasteiger charge is 2.24. The van der Waals surface area contributed by atoms with Crippen molar-refractivity contribution in [1.29, 1.82) is 0 Å². The van der Waals surface area contributed by atoms with E-state index in [0.29, 0.717) is 17.5 Å². The summed E-state index contributed by atoms with van der Waals surface area (Å²) < 4.78 is 10.4. The molecular weight excluding hydrogens is 773 g/mol. The highest BCUT2D eigenvalue weighted by molar-refractivity contribution is 5.66. The smallest absolute Gasteiger partial charge is 0.228 e. The van der Waals surface area contributed by atoms with E-state index in [4.69, 9.17) is 9.47 Å². The van der Waals surface area contributed by atoms with Crippen LogP contribution in [-0.4, -0.2) is 19.3 Å². The average Bonchev–Trinajstić information content (AvgIpc) is 3.21. The second kappa shape index (κ2) is 33.3. The summed E-state index contributed by atoms with van der Waals surface area (Å²) in [7, 11) is 2.85. The SMILES string of the molecule is COc1c([O])c(C/C=C(\C)CC/C=C(\C)CC/C=C(\C)CC/C=C(\C)CC/C=C(\C)CC/C=C(\C)CC/C=C(\C)CC/C=C(\C)CC/C=C(\C)CCC=C(C)C)c(C)c(O)c1OC. The van der Waals surface area contributed by atoms with Gasteiger partial charge in [-0.3, -0.25) is 5.11 Å². The third-order valence-electron chi connectivity index (χ3n) is 12.1. The first-order chi connectivity index (χ1) is 30.0. The van der Waals surface area contributed by atoms with Crippen LogP contribution in [-0.2, 0) is 11.5 Å². The van der Waals surface area contributed by atoms with Gasteiger partial charge in [-0.25, -0.2) is 0 Å². The first-order valence-electron chi connectivity index (χ1n) is 24.2. The number of aromatic hydroxyl groups is 1. The van der Waals surface area contributed by atoms with Gasteiger partial charge in [0.1, 0.15) is 0 Å². The monoisotopic (exact) mass is 864 g/mol. The van der Waals surface area contributed by atoms with Crippen LogP contribution in [0.25, 0.3) is 0 Å². The summed E-state index contributed by atoms with van der Waals surface area (Å²) in [5, 5.41) is 23.4. The molecule has 0 aromatic heterocycles.